The molecule has 0 N–H and O–H groups in total. The van der Waals surface area contributed by atoms with Crippen LogP contribution in [0.2, 0.25) is 0 Å². The molecule has 0 amide bonds. The van der Waals surface area contributed by atoms with E-state index in [1.165, 1.54) is 22.3 Å². The molecule has 0 atom stereocenters. The summed E-state index contributed by atoms with van der Waals surface area (Å²) in [5, 5.41) is 7.75. The van der Waals surface area contributed by atoms with Gasteiger partial charge in [-0.05, 0) is 79.7 Å². The fraction of sp³-hybridized carbons (Fsp3) is 0. The molecular formula is C64H43N3. The van der Waals surface area contributed by atoms with Gasteiger partial charge in [-0.2, -0.15) is 5.10 Å². The molecule has 3 nitrogen and oxygen atoms in total. The van der Waals surface area contributed by atoms with Crippen LogP contribution in [-0.4, -0.2) is 14.6 Å². The van der Waals surface area contributed by atoms with Crippen LogP contribution < -0.4 is 0 Å². The van der Waals surface area contributed by atoms with Gasteiger partial charge < -0.3 is 0 Å². The number of nitrogens with zero attached hydrogens (tertiary/aromatic N) is 3. The molecule has 3 heterocycles. The third-order valence-corrected chi connectivity index (χ3v) is 12.8. The van der Waals surface area contributed by atoms with Gasteiger partial charge in [-0.15, -0.1) is 0 Å². The quantitative estimate of drug-likeness (QED) is 0.145. The van der Waals surface area contributed by atoms with Crippen molar-refractivity contribution >= 4 is 16.3 Å². The SMILES string of the molecule is c1ccc(-c2ccc(-c3cc(-c4ccc(-c5ccc6cc(-c7ccccc7)n7nc(-c8ccccc8)c(-c8ccccc8)c7c6c5)cc4)cc(-c4ccc(-c5ccccc5)cc4)n3)cc2)cc1. The normalized spacial score (nSPS) is 11.3. The monoisotopic (exact) mass is 853 g/mol. The number of pyridine rings is 2. The smallest absolute Gasteiger partial charge is 0.101 e. The van der Waals surface area contributed by atoms with Gasteiger partial charge in [0.2, 0.25) is 0 Å². The lowest BCUT2D eigenvalue weighted by Crippen LogP contribution is -1.96. The van der Waals surface area contributed by atoms with Gasteiger partial charge in [0, 0.05) is 33.2 Å². The number of aromatic nitrogens is 3. The lowest BCUT2D eigenvalue weighted by atomic mass is 9.94. The Morgan fingerprint density at radius 3 is 1.13 bits per heavy atom. The molecule has 9 aromatic carbocycles. The number of rotatable bonds is 9. The highest BCUT2D eigenvalue weighted by molar-refractivity contribution is 6.09. The van der Waals surface area contributed by atoms with Crippen LogP contribution in [0, 0.1) is 0 Å². The first-order chi connectivity index (χ1) is 33.2. The van der Waals surface area contributed by atoms with Crippen LogP contribution in [0.15, 0.2) is 261 Å². The molecule has 3 aromatic heterocycles. The van der Waals surface area contributed by atoms with Crippen molar-refractivity contribution in [2.45, 2.75) is 0 Å². The highest BCUT2D eigenvalue weighted by Gasteiger charge is 2.22. The second kappa shape index (κ2) is 17.2. The zero-order valence-corrected chi connectivity index (χ0v) is 36.7. The van der Waals surface area contributed by atoms with Gasteiger partial charge in [0.05, 0.1) is 22.6 Å². The number of hydrogen-bond donors (Lipinski definition) is 0. The fourth-order valence-corrected chi connectivity index (χ4v) is 9.38. The van der Waals surface area contributed by atoms with Crippen molar-refractivity contribution < 1.29 is 0 Å². The van der Waals surface area contributed by atoms with Crippen molar-refractivity contribution in [3.05, 3.63) is 261 Å². The average molecular weight is 854 g/mol. The van der Waals surface area contributed by atoms with Gasteiger partial charge in [0.25, 0.3) is 0 Å². The Balaban J connectivity index is 0.969. The molecule has 0 aliphatic heterocycles. The first-order valence-corrected chi connectivity index (χ1v) is 22.8. The molecule has 0 bridgehead atoms. The molecule has 0 saturated carbocycles. The summed E-state index contributed by atoms with van der Waals surface area (Å²) in [6.45, 7) is 0. The van der Waals surface area contributed by atoms with E-state index in [1.54, 1.807) is 0 Å². The topological polar surface area (TPSA) is 30.2 Å². The van der Waals surface area contributed by atoms with E-state index in [4.69, 9.17) is 10.1 Å². The van der Waals surface area contributed by atoms with E-state index in [2.05, 4.69) is 265 Å². The summed E-state index contributed by atoms with van der Waals surface area (Å²) in [7, 11) is 0. The molecule has 0 saturated heterocycles. The lowest BCUT2D eigenvalue weighted by Gasteiger charge is -2.13. The summed E-state index contributed by atoms with van der Waals surface area (Å²) < 4.78 is 2.16. The lowest BCUT2D eigenvalue weighted by molar-refractivity contribution is 0.979. The van der Waals surface area contributed by atoms with Crippen LogP contribution >= 0.6 is 0 Å². The summed E-state index contributed by atoms with van der Waals surface area (Å²) in [6, 6.07) is 93.0. The third-order valence-electron chi connectivity index (χ3n) is 12.8. The van der Waals surface area contributed by atoms with Crippen molar-refractivity contribution in [2.24, 2.45) is 0 Å². The largest absolute Gasteiger partial charge is 0.248 e. The van der Waals surface area contributed by atoms with Crippen molar-refractivity contribution in [1.29, 1.82) is 0 Å². The first-order valence-electron chi connectivity index (χ1n) is 22.8. The number of fused-ring (bicyclic) bond motifs is 3. The molecule has 0 aliphatic carbocycles. The molecule has 0 spiro atoms. The predicted molar refractivity (Wildman–Crippen MR) is 279 cm³/mol. The zero-order chi connectivity index (χ0) is 44.5. The molecule has 0 radical (unpaired) electrons. The van der Waals surface area contributed by atoms with Crippen molar-refractivity contribution in [1.82, 2.24) is 14.6 Å². The van der Waals surface area contributed by atoms with Gasteiger partial charge in [-0.1, -0.05) is 237 Å². The van der Waals surface area contributed by atoms with Gasteiger partial charge >= 0.3 is 0 Å². The molecular weight excluding hydrogens is 811 g/mol. The second-order valence-corrected chi connectivity index (χ2v) is 17.0. The standard InChI is InChI=1S/C64H43N3/c1-6-16-44(17-7-1)46-30-34-50(35-31-46)59-41-57(42-60(65-59)51-36-32-47(33-37-51)45-18-8-2-9-19-45)49-28-26-48(27-29-49)55-38-39-56-43-61(52-20-10-3-11-21-52)67-64(58(56)40-55)62(53-22-12-4-13-23-53)63(66-67)54-24-14-5-15-25-54/h1-43H. The summed E-state index contributed by atoms with van der Waals surface area (Å²) in [4.78, 5) is 5.29. The van der Waals surface area contributed by atoms with E-state index >= 15 is 0 Å². The van der Waals surface area contributed by atoms with E-state index in [-0.39, 0.29) is 0 Å². The van der Waals surface area contributed by atoms with Crippen LogP contribution in [0.25, 0.3) is 117 Å². The molecule has 12 aromatic rings. The van der Waals surface area contributed by atoms with E-state index in [0.29, 0.717) is 0 Å². The maximum absolute atomic E-state index is 5.44. The minimum Gasteiger partial charge on any atom is -0.248 e. The second-order valence-electron chi connectivity index (χ2n) is 17.0. The minimum absolute atomic E-state index is 0.932. The molecule has 0 fully saturated rings. The van der Waals surface area contributed by atoms with Crippen molar-refractivity contribution in [2.75, 3.05) is 0 Å². The van der Waals surface area contributed by atoms with E-state index < -0.39 is 0 Å². The van der Waals surface area contributed by atoms with Crippen LogP contribution in [0.3, 0.4) is 0 Å². The Morgan fingerprint density at radius 2 is 0.642 bits per heavy atom. The Bertz CT molecular complexity index is 3560. The van der Waals surface area contributed by atoms with Crippen LogP contribution in [-0.2, 0) is 0 Å². The summed E-state index contributed by atoms with van der Waals surface area (Å²) >= 11 is 0. The fourth-order valence-electron chi connectivity index (χ4n) is 9.38. The Labute approximate surface area is 390 Å². The van der Waals surface area contributed by atoms with E-state index in [9.17, 15) is 0 Å². The van der Waals surface area contributed by atoms with Gasteiger partial charge in [-0.3, -0.25) is 0 Å². The number of hydrogen-bond acceptors (Lipinski definition) is 2. The Morgan fingerprint density at radius 1 is 0.269 bits per heavy atom. The molecule has 0 unspecified atom stereocenters. The number of benzene rings is 9. The highest BCUT2D eigenvalue weighted by atomic mass is 15.2. The Kier molecular flexibility index (Phi) is 10.2. The van der Waals surface area contributed by atoms with Gasteiger partial charge in [0.1, 0.15) is 5.69 Å². The maximum Gasteiger partial charge on any atom is 0.101 e. The van der Waals surface area contributed by atoms with E-state index in [1.807, 2.05) is 0 Å². The Hall–Kier alpha value is -8.92. The highest BCUT2D eigenvalue weighted by Crippen LogP contribution is 2.42. The zero-order valence-electron chi connectivity index (χ0n) is 36.7. The average Bonchev–Trinajstić information content (AvgIpc) is 3.83. The van der Waals surface area contributed by atoms with Crippen molar-refractivity contribution in [3.63, 3.8) is 0 Å². The van der Waals surface area contributed by atoms with Crippen molar-refractivity contribution in [3.8, 4) is 101 Å². The van der Waals surface area contributed by atoms with Gasteiger partial charge in [-0.25, -0.2) is 9.50 Å². The van der Waals surface area contributed by atoms with E-state index in [0.717, 1.165) is 94.7 Å². The molecule has 3 heteroatoms. The summed E-state index contributed by atoms with van der Waals surface area (Å²) in [5.74, 6) is 0. The van der Waals surface area contributed by atoms with Crippen LogP contribution in [0.5, 0.6) is 0 Å². The predicted octanol–water partition coefficient (Wildman–Crippen LogP) is 16.9. The summed E-state index contributed by atoms with van der Waals surface area (Å²) in [5.41, 5.74) is 20.8. The molecule has 67 heavy (non-hydrogen) atoms. The molecule has 314 valence electrons. The third kappa shape index (κ3) is 7.69. The summed E-state index contributed by atoms with van der Waals surface area (Å²) in [6.07, 6.45) is 0. The molecule has 0 aliphatic rings. The maximum atomic E-state index is 5.44. The first kappa shape index (κ1) is 39.7. The van der Waals surface area contributed by atoms with Gasteiger partial charge in [0.15, 0.2) is 0 Å². The van der Waals surface area contributed by atoms with Crippen LogP contribution in [0.1, 0.15) is 0 Å². The van der Waals surface area contributed by atoms with Crippen LogP contribution in [0.4, 0.5) is 0 Å². The minimum atomic E-state index is 0.932. The molecule has 12 rings (SSSR count).